The van der Waals surface area contributed by atoms with Crippen LogP contribution in [0.4, 0.5) is 5.82 Å². The molecule has 2 heterocycles. The van der Waals surface area contributed by atoms with Gasteiger partial charge in [0, 0.05) is 40.2 Å². The number of carbonyl (C=O) groups excluding carboxylic acids is 1. The van der Waals surface area contributed by atoms with Crippen molar-refractivity contribution in [1.82, 2.24) is 14.5 Å². The number of hydrogen-bond donors (Lipinski definition) is 0. The second kappa shape index (κ2) is 6.40. The first-order valence-electron chi connectivity index (χ1n) is 8.02. The van der Waals surface area contributed by atoms with E-state index in [1.807, 2.05) is 29.2 Å². The molecule has 6 nitrogen and oxygen atoms in total. The van der Waals surface area contributed by atoms with Crippen LogP contribution in [0.5, 0.6) is 0 Å². The molecular weight excluding hydrogens is 292 g/mol. The van der Waals surface area contributed by atoms with Gasteiger partial charge in [-0.3, -0.25) is 9.59 Å². The molecule has 122 valence electrons. The summed E-state index contributed by atoms with van der Waals surface area (Å²) in [6, 6.07) is 7.56. The molecule has 2 aromatic rings. The molecule has 3 rings (SSSR count). The van der Waals surface area contributed by atoms with Gasteiger partial charge in [0.25, 0.3) is 5.56 Å². The van der Waals surface area contributed by atoms with Crippen molar-refractivity contribution >= 4 is 22.8 Å². The molecule has 1 amide bonds. The lowest BCUT2D eigenvalue weighted by molar-refractivity contribution is -0.130. The molecular formula is C17H22N4O2. The minimum absolute atomic E-state index is 0.127. The van der Waals surface area contributed by atoms with Crippen LogP contribution in [0.1, 0.15) is 19.3 Å². The van der Waals surface area contributed by atoms with Crippen molar-refractivity contribution in [2.45, 2.75) is 25.8 Å². The molecule has 1 aromatic carbocycles. The van der Waals surface area contributed by atoms with Gasteiger partial charge >= 0.3 is 0 Å². The summed E-state index contributed by atoms with van der Waals surface area (Å²) in [6.45, 7) is 2.07. The maximum Gasteiger partial charge on any atom is 0.293 e. The minimum atomic E-state index is -0.150. The van der Waals surface area contributed by atoms with Crippen LogP contribution in [0.25, 0.3) is 11.0 Å². The molecule has 1 saturated heterocycles. The average Bonchev–Trinajstić information content (AvgIpc) is 3.07. The van der Waals surface area contributed by atoms with E-state index in [1.54, 1.807) is 23.6 Å². The Hall–Kier alpha value is -2.37. The van der Waals surface area contributed by atoms with Crippen LogP contribution in [0.3, 0.4) is 0 Å². The van der Waals surface area contributed by atoms with Gasteiger partial charge in [-0.2, -0.15) is 0 Å². The quantitative estimate of drug-likeness (QED) is 0.857. The molecule has 0 bridgehead atoms. The zero-order valence-electron chi connectivity index (χ0n) is 13.7. The highest BCUT2D eigenvalue weighted by atomic mass is 16.2. The van der Waals surface area contributed by atoms with Crippen LogP contribution in [0.15, 0.2) is 29.1 Å². The zero-order chi connectivity index (χ0) is 16.4. The summed E-state index contributed by atoms with van der Waals surface area (Å²) < 4.78 is 1.67. The van der Waals surface area contributed by atoms with Crippen molar-refractivity contribution in [3.05, 3.63) is 34.6 Å². The summed E-state index contributed by atoms with van der Waals surface area (Å²) in [4.78, 5) is 33.0. The number of aryl methyl sites for hydroxylation is 1. The van der Waals surface area contributed by atoms with Crippen molar-refractivity contribution in [2.24, 2.45) is 0 Å². The van der Waals surface area contributed by atoms with E-state index in [9.17, 15) is 9.59 Å². The molecule has 1 fully saturated rings. The Balaban J connectivity index is 1.93. The van der Waals surface area contributed by atoms with Gasteiger partial charge in [0.15, 0.2) is 5.82 Å². The van der Waals surface area contributed by atoms with Gasteiger partial charge in [0.2, 0.25) is 5.91 Å². The second-order valence-corrected chi connectivity index (χ2v) is 6.11. The zero-order valence-corrected chi connectivity index (χ0v) is 13.7. The third-order valence-corrected chi connectivity index (χ3v) is 4.27. The molecule has 0 aliphatic carbocycles. The maximum atomic E-state index is 12.7. The molecule has 1 aliphatic heterocycles. The molecule has 0 radical (unpaired) electrons. The number of amides is 1. The number of likely N-dealkylation sites (tertiary alicyclic amines) is 1. The summed E-state index contributed by atoms with van der Waals surface area (Å²) >= 11 is 0. The fourth-order valence-electron chi connectivity index (χ4n) is 3.02. The Bertz CT molecular complexity index is 776. The number of anilines is 1. The third kappa shape index (κ3) is 3.06. The monoisotopic (exact) mass is 314 g/mol. The first-order valence-corrected chi connectivity index (χ1v) is 8.02. The number of para-hydroxylation sites is 2. The highest BCUT2D eigenvalue weighted by Crippen LogP contribution is 2.14. The lowest BCUT2D eigenvalue weighted by Crippen LogP contribution is -2.32. The number of aromatic nitrogens is 2. The largest absolute Gasteiger partial charge is 0.358 e. The lowest BCUT2D eigenvalue weighted by Gasteiger charge is -2.18. The highest BCUT2D eigenvalue weighted by Gasteiger charge is 2.19. The predicted octanol–water partition coefficient (Wildman–Crippen LogP) is 1.47. The lowest BCUT2D eigenvalue weighted by atomic mass is 10.2. The molecule has 0 spiro atoms. The van der Waals surface area contributed by atoms with E-state index in [-0.39, 0.29) is 11.5 Å². The minimum Gasteiger partial charge on any atom is -0.358 e. The van der Waals surface area contributed by atoms with Crippen molar-refractivity contribution in [3.63, 3.8) is 0 Å². The molecule has 0 atom stereocenters. The summed E-state index contributed by atoms with van der Waals surface area (Å²) in [6.07, 6.45) is 2.50. The standard InChI is InChI=1S/C17H22N4O2/c1-19(2)16-17(23)21(14-8-4-3-7-13(14)18-16)12-9-15(22)20-10-5-6-11-20/h3-4,7-8H,5-6,9-12H2,1-2H3. The Kier molecular flexibility index (Phi) is 4.32. The number of hydrogen-bond acceptors (Lipinski definition) is 4. The van der Waals surface area contributed by atoms with Crippen LogP contribution in [-0.4, -0.2) is 47.5 Å². The Morgan fingerprint density at radius 3 is 2.61 bits per heavy atom. The van der Waals surface area contributed by atoms with Crippen molar-refractivity contribution < 1.29 is 4.79 Å². The van der Waals surface area contributed by atoms with Gasteiger partial charge in [0.1, 0.15) is 0 Å². The average molecular weight is 314 g/mol. The van der Waals surface area contributed by atoms with Gasteiger partial charge in [-0.25, -0.2) is 4.98 Å². The van der Waals surface area contributed by atoms with Crippen molar-refractivity contribution in [3.8, 4) is 0 Å². The van der Waals surface area contributed by atoms with Crippen LogP contribution in [0.2, 0.25) is 0 Å². The van der Waals surface area contributed by atoms with Crippen LogP contribution in [0, 0.1) is 0 Å². The van der Waals surface area contributed by atoms with E-state index < -0.39 is 0 Å². The number of fused-ring (bicyclic) bond motifs is 1. The van der Waals surface area contributed by atoms with E-state index >= 15 is 0 Å². The number of nitrogens with zero attached hydrogens (tertiary/aromatic N) is 4. The van der Waals surface area contributed by atoms with Crippen molar-refractivity contribution in [2.75, 3.05) is 32.1 Å². The summed E-state index contributed by atoms with van der Waals surface area (Å²) in [7, 11) is 3.61. The first kappa shape index (κ1) is 15.5. The van der Waals surface area contributed by atoms with E-state index in [1.165, 1.54) is 0 Å². The summed E-state index contributed by atoms with van der Waals surface area (Å²) in [5.74, 6) is 0.527. The van der Waals surface area contributed by atoms with Gasteiger partial charge in [-0.1, -0.05) is 12.1 Å². The van der Waals surface area contributed by atoms with Crippen LogP contribution in [-0.2, 0) is 11.3 Å². The number of rotatable bonds is 4. The van der Waals surface area contributed by atoms with Gasteiger partial charge in [-0.05, 0) is 25.0 Å². The Labute approximate surface area is 135 Å². The second-order valence-electron chi connectivity index (χ2n) is 6.11. The van der Waals surface area contributed by atoms with Gasteiger partial charge in [-0.15, -0.1) is 0 Å². The van der Waals surface area contributed by atoms with Gasteiger partial charge in [0.05, 0.1) is 11.0 Å². The first-order chi connectivity index (χ1) is 11.1. The van der Waals surface area contributed by atoms with Crippen LogP contribution < -0.4 is 10.5 Å². The van der Waals surface area contributed by atoms with E-state index in [0.717, 1.165) is 37.0 Å². The molecule has 6 heteroatoms. The fraction of sp³-hybridized carbons (Fsp3) is 0.471. The SMILES string of the molecule is CN(C)c1nc2ccccc2n(CCC(=O)N2CCCC2)c1=O. The topological polar surface area (TPSA) is 58.4 Å². The fourth-order valence-corrected chi connectivity index (χ4v) is 3.02. The third-order valence-electron chi connectivity index (χ3n) is 4.27. The molecule has 0 unspecified atom stereocenters. The van der Waals surface area contributed by atoms with Gasteiger partial charge < -0.3 is 14.4 Å². The number of benzene rings is 1. The van der Waals surface area contributed by atoms with Crippen molar-refractivity contribution in [1.29, 1.82) is 0 Å². The van der Waals surface area contributed by atoms with Crippen LogP contribution >= 0.6 is 0 Å². The molecule has 0 N–H and O–H groups in total. The Morgan fingerprint density at radius 2 is 1.91 bits per heavy atom. The maximum absolute atomic E-state index is 12.7. The highest BCUT2D eigenvalue weighted by molar-refractivity contribution is 5.78. The Morgan fingerprint density at radius 1 is 1.22 bits per heavy atom. The number of carbonyl (C=O) groups is 1. The normalized spacial score (nSPS) is 14.4. The molecule has 0 saturated carbocycles. The van der Waals surface area contributed by atoms with E-state index in [2.05, 4.69) is 4.98 Å². The smallest absolute Gasteiger partial charge is 0.293 e. The molecule has 1 aromatic heterocycles. The van der Waals surface area contributed by atoms with E-state index in [4.69, 9.17) is 0 Å². The van der Waals surface area contributed by atoms with E-state index in [0.29, 0.717) is 18.8 Å². The molecule has 1 aliphatic rings. The predicted molar refractivity (Wildman–Crippen MR) is 90.8 cm³/mol. The molecule has 23 heavy (non-hydrogen) atoms. The summed E-state index contributed by atoms with van der Waals surface area (Å²) in [5, 5.41) is 0. The summed E-state index contributed by atoms with van der Waals surface area (Å²) in [5.41, 5.74) is 1.39.